The number of fused-ring (bicyclic) bond motifs is 1. The predicted octanol–water partition coefficient (Wildman–Crippen LogP) is 2.78. The second-order valence-electron chi connectivity index (χ2n) is 4.66. The van der Waals surface area contributed by atoms with Gasteiger partial charge in [-0.3, -0.25) is 4.57 Å². The van der Waals surface area contributed by atoms with Gasteiger partial charge in [0, 0.05) is 11.8 Å². The van der Waals surface area contributed by atoms with Crippen molar-refractivity contribution in [2.24, 2.45) is 0 Å². The molecule has 0 saturated heterocycles. The van der Waals surface area contributed by atoms with Gasteiger partial charge in [-0.2, -0.15) is 4.98 Å². The highest BCUT2D eigenvalue weighted by Crippen LogP contribution is 2.28. The summed E-state index contributed by atoms with van der Waals surface area (Å²) in [5.74, 6) is 0.566. The summed E-state index contributed by atoms with van der Waals surface area (Å²) in [6, 6.07) is 9.63. The smallest absolute Gasteiger partial charge is 0.229 e. The van der Waals surface area contributed by atoms with Gasteiger partial charge >= 0.3 is 0 Å². The largest absolute Gasteiger partial charge is 0.434 e. The summed E-state index contributed by atoms with van der Waals surface area (Å²) in [7, 11) is 0. The van der Waals surface area contributed by atoms with Gasteiger partial charge in [-0.25, -0.2) is 4.98 Å². The highest BCUT2D eigenvalue weighted by molar-refractivity contribution is 5.74. The van der Waals surface area contributed by atoms with Crippen molar-refractivity contribution in [3.8, 4) is 17.1 Å². The molecule has 0 amide bonds. The predicted molar refractivity (Wildman–Crippen MR) is 76.9 cm³/mol. The van der Waals surface area contributed by atoms with Crippen LogP contribution in [0, 0.1) is 6.92 Å². The quantitative estimate of drug-likeness (QED) is 0.563. The van der Waals surface area contributed by atoms with Crippen LogP contribution in [0.15, 0.2) is 53.6 Å². The second kappa shape index (κ2) is 4.52. The summed E-state index contributed by atoms with van der Waals surface area (Å²) in [5.41, 5.74) is 4.26. The molecule has 0 aliphatic carbocycles. The molecule has 21 heavy (non-hydrogen) atoms. The molecule has 0 bridgehead atoms. The maximum absolute atomic E-state index is 5.79. The molecular formula is C15H11N5O. The van der Waals surface area contributed by atoms with E-state index < -0.39 is 0 Å². The molecule has 3 heterocycles. The van der Waals surface area contributed by atoms with Crippen molar-refractivity contribution in [3.05, 3.63) is 54.7 Å². The first-order valence-electron chi connectivity index (χ1n) is 6.49. The lowest BCUT2D eigenvalue weighted by molar-refractivity contribution is 0.619. The Morgan fingerprint density at radius 1 is 1.05 bits per heavy atom. The zero-order valence-corrected chi connectivity index (χ0v) is 11.3. The third-order valence-electron chi connectivity index (χ3n) is 3.40. The van der Waals surface area contributed by atoms with Crippen LogP contribution in [0.3, 0.4) is 0 Å². The molecule has 0 aliphatic rings. The lowest BCUT2D eigenvalue weighted by atomic mass is 10.1. The average Bonchev–Trinajstić information content (AvgIpc) is 3.16. The molecule has 0 spiro atoms. The van der Waals surface area contributed by atoms with E-state index in [1.165, 1.54) is 0 Å². The molecule has 102 valence electrons. The molecule has 6 heteroatoms. The van der Waals surface area contributed by atoms with Crippen LogP contribution in [0.5, 0.6) is 0 Å². The topological polar surface area (TPSA) is 69.6 Å². The summed E-state index contributed by atoms with van der Waals surface area (Å²) in [6.45, 7) is 2.02. The van der Waals surface area contributed by atoms with Crippen molar-refractivity contribution in [2.45, 2.75) is 6.92 Å². The summed E-state index contributed by atoms with van der Waals surface area (Å²) in [4.78, 5) is 8.65. The van der Waals surface area contributed by atoms with Crippen molar-refractivity contribution in [1.29, 1.82) is 0 Å². The van der Waals surface area contributed by atoms with Gasteiger partial charge in [0.15, 0.2) is 11.2 Å². The van der Waals surface area contributed by atoms with Crippen LogP contribution >= 0.6 is 0 Å². The van der Waals surface area contributed by atoms with Crippen molar-refractivity contribution in [1.82, 2.24) is 24.7 Å². The van der Waals surface area contributed by atoms with Crippen LogP contribution < -0.4 is 0 Å². The SMILES string of the molecule is Cc1c(-c2nc3ncccc3o2)cccc1-n1cnnc1. The van der Waals surface area contributed by atoms with E-state index in [4.69, 9.17) is 4.42 Å². The number of benzene rings is 1. The Hall–Kier alpha value is -3.02. The van der Waals surface area contributed by atoms with Gasteiger partial charge < -0.3 is 4.42 Å². The van der Waals surface area contributed by atoms with Crippen molar-refractivity contribution in [3.63, 3.8) is 0 Å². The van der Waals surface area contributed by atoms with Crippen LogP contribution in [-0.4, -0.2) is 24.7 Å². The molecule has 0 saturated carbocycles. The molecule has 0 radical (unpaired) electrons. The Kier molecular flexibility index (Phi) is 2.53. The maximum Gasteiger partial charge on any atom is 0.229 e. The number of nitrogens with zero attached hydrogens (tertiary/aromatic N) is 5. The molecule has 1 aromatic carbocycles. The molecular weight excluding hydrogens is 266 g/mol. The molecule has 0 atom stereocenters. The van der Waals surface area contributed by atoms with Crippen molar-refractivity contribution < 1.29 is 4.42 Å². The fraction of sp³-hybridized carbons (Fsp3) is 0.0667. The van der Waals surface area contributed by atoms with E-state index in [0.717, 1.165) is 16.8 Å². The first kappa shape index (κ1) is 11.8. The molecule has 4 rings (SSSR count). The van der Waals surface area contributed by atoms with E-state index in [0.29, 0.717) is 17.1 Å². The first-order chi connectivity index (χ1) is 10.3. The lowest BCUT2D eigenvalue weighted by Crippen LogP contribution is -1.96. The van der Waals surface area contributed by atoms with Gasteiger partial charge in [-0.05, 0) is 36.8 Å². The fourth-order valence-corrected chi connectivity index (χ4v) is 2.34. The van der Waals surface area contributed by atoms with E-state index in [1.54, 1.807) is 18.9 Å². The Balaban J connectivity index is 1.90. The molecule has 3 aromatic heterocycles. The van der Waals surface area contributed by atoms with Gasteiger partial charge in [-0.15, -0.1) is 10.2 Å². The third kappa shape index (κ3) is 1.88. The number of pyridine rings is 1. The summed E-state index contributed by atoms with van der Waals surface area (Å²) in [6.07, 6.45) is 5.04. The minimum absolute atomic E-state index is 0.566. The number of rotatable bonds is 2. The Bertz CT molecular complexity index is 878. The lowest BCUT2D eigenvalue weighted by Gasteiger charge is -2.08. The van der Waals surface area contributed by atoms with Crippen LogP contribution in [0.25, 0.3) is 28.4 Å². The average molecular weight is 277 g/mol. The number of hydrogen-bond donors (Lipinski definition) is 0. The highest BCUT2D eigenvalue weighted by atomic mass is 16.3. The second-order valence-corrected chi connectivity index (χ2v) is 4.66. The minimum Gasteiger partial charge on any atom is -0.434 e. The van der Waals surface area contributed by atoms with Crippen molar-refractivity contribution in [2.75, 3.05) is 0 Å². The van der Waals surface area contributed by atoms with Crippen LogP contribution in [-0.2, 0) is 0 Å². The van der Waals surface area contributed by atoms with Gasteiger partial charge in [0.25, 0.3) is 0 Å². The first-order valence-corrected chi connectivity index (χ1v) is 6.49. The number of oxazole rings is 1. The fourth-order valence-electron chi connectivity index (χ4n) is 2.34. The molecule has 0 N–H and O–H groups in total. The van der Waals surface area contributed by atoms with Crippen LogP contribution in [0.4, 0.5) is 0 Å². The zero-order chi connectivity index (χ0) is 14.2. The monoisotopic (exact) mass is 277 g/mol. The third-order valence-corrected chi connectivity index (χ3v) is 3.40. The van der Waals surface area contributed by atoms with E-state index in [2.05, 4.69) is 20.2 Å². The molecule has 6 nitrogen and oxygen atoms in total. The van der Waals surface area contributed by atoms with Crippen LogP contribution in [0.1, 0.15) is 5.56 Å². The normalized spacial score (nSPS) is 11.1. The van der Waals surface area contributed by atoms with Crippen LogP contribution in [0.2, 0.25) is 0 Å². The summed E-state index contributed by atoms with van der Waals surface area (Å²) in [5, 5.41) is 7.68. The van der Waals surface area contributed by atoms with Gasteiger partial charge in [-0.1, -0.05) is 6.07 Å². The molecule has 0 unspecified atom stereocenters. The zero-order valence-electron chi connectivity index (χ0n) is 11.3. The van der Waals surface area contributed by atoms with Crippen molar-refractivity contribution >= 4 is 11.2 Å². The van der Waals surface area contributed by atoms with Gasteiger partial charge in [0.1, 0.15) is 12.7 Å². The minimum atomic E-state index is 0.566. The molecule has 4 aromatic rings. The Labute approximate surface area is 120 Å². The van der Waals surface area contributed by atoms with E-state index in [9.17, 15) is 0 Å². The molecule has 0 fully saturated rings. The number of hydrogen-bond acceptors (Lipinski definition) is 5. The standard InChI is InChI=1S/C15H11N5O/c1-10-11(4-2-5-12(10)20-8-17-18-9-20)15-19-14-13(21-15)6-3-7-16-14/h2-9H,1H3. The summed E-state index contributed by atoms with van der Waals surface area (Å²) < 4.78 is 7.65. The van der Waals surface area contributed by atoms with Gasteiger partial charge in [0.2, 0.25) is 5.89 Å². The maximum atomic E-state index is 5.79. The van der Waals surface area contributed by atoms with E-state index in [-0.39, 0.29) is 0 Å². The van der Waals surface area contributed by atoms with E-state index >= 15 is 0 Å². The number of aromatic nitrogens is 5. The van der Waals surface area contributed by atoms with E-state index in [1.807, 2.05) is 41.8 Å². The summed E-state index contributed by atoms with van der Waals surface area (Å²) >= 11 is 0. The highest BCUT2D eigenvalue weighted by Gasteiger charge is 2.13. The van der Waals surface area contributed by atoms with Gasteiger partial charge in [0.05, 0.1) is 5.69 Å². The Morgan fingerprint density at radius 3 is 2.71 bits per heavy atom. The Morgan fingerprint density at radius 2 is 1.90 bits per heavy atom. The molecule has 0 aliphatic heterocycles.